The van der Waals surface area contributed by atoms with Crippen molar-refractivity contribution in [3.63, 3.8) is 0 Å². The highest BCUT2D eigenvalue weighted by molar-refractivity contribution is 5.75. The van der Waals surface area contributed by atoms with Crippen LogP contribution in [0.2, 0.25) is 0 Å². The summed E-state index contributed by atoms with van der Waals surface area (Å²) in [5.74, 6) is 1.19. The molecule has 0 aliphatic heterocycles. The molecule has 0 aromatic heterocycles. The van der Waals surface area contributed by atoms with Gasteiger partial charge in [-0.2, -0.15) is 0 Å². The molecule has 0 unspecified atom stereocenters. The molecule has 2 rings (SSSR count). The van der Waals surface area contributed by atoms with Crippen LogP contribution in [0.4, 0.5) is 0 Å². The predicted octanol–water partition coefficient (Wildman–Crippen LogP) is 1.36. The summed E-state index contributed by atoms with van der Waals surface area (Å²) in [5, 5.41) is 0. The minimum Gasteiger partial charge on any atom is -0.501 e. The van der Waals surface area contributed by atoms with Gasteiger partial charge in [0, 0.05) is 13.0 Å². The van der Waals surface area contributed by atoms with Gasteiger partial charge in [-0.15, -0.1) is 0 Å². The number of esters is 1. The normalized spacial score (nSPS) is 36.1. The van der Waals surface area contributed by atoms with Crippen LogP contribution in [-0.4, -0.2) is 32.9 Å². The topological polar surface area (TPSA) is 44.8 Å². The molecule has 4 heteroatoms. The van der Waals surface area contributed by atoms with Crippen molar-refractivity contribution in [1.29, 1.82) is 0 Å². The molecular weight excluding hydrogens is 208 g/mol. The third-order valence-corrected chi connectivity index (χ3v) is 3.44. The highest BCUT2D eigenvalue weighted by Gasteiger charge is 2.55. The Morgan fingerprint density at radius 2 is 2.25 bits per heavy atom. The van der Waals surface area contributed by atoms with E-state index in [-0.39, 0.29) is 18.0 Å². The van der Waals surface area contributed by atoms with Crippen LogP contribution in [0.5, 0.6) is 0 Å². The lowest BCUT2D eigenvalue weighted by atomic mass is 9.94. The van der Waals surface area contributed by atoms with Crippen molar-refractivity contribution in [2.45, 2.75) is 19.4 Å². The minimum absolute atomic E-state index is 0.184. The van der Waals surface area contributed by atoms with E-state index >= 15 is 0 Å². The summed E-state index contributed by atoms with van der Waals surface area (Å²) >= 11 is 0. The lowest BCUT2D eigenvalue weighted by Crippen LogP contribution is -2.23. The lowest BCUT2D eigenvalue weighted by molar-refractivity contribution is -0.148. The average Bonchev–Trinajstić information content (AvgIpc) is 2.99. The first-order chi connectivity index (χ1) is 7.72. The van der Waals surface area contributed by atoms with E-state index in [1.54, 1.807) is 14.2 Å². The second-order valence-electron chi connectivity index (χ2n) is 4.26. The van der Waals surface area contributed by atoms with Crippen molar-refractivity contribution in [3.05, 3.63) is 11.8 Å². The van der Waals surface area contributed by atoms with Crippen LogP contribution in [0.25, 0.3) is 0 Å². The molecule has 0 heterocycles. The van der Waals surface area contributed by atoms with E-state index in [2.05, 4.69) is 0 Å². The van der Waals surface area contributed by atoms with Gasteiger partial charge in [-0.3, -0.25) is 4.79 Å². The van der Waals surface area contributed by atoms with Gasteiger partial charge in [0.2, 0.25) is 0 Å². The van der Waals surface area contributed by atoms with Crippen LogP contribution >= 0.6 is 0 Å². The smallest absolute Gasteiger partial charge is 0.316 e. The van der Waals surface area contributed by atoms with Gasteiger partial charge >= 0.3 is 5.97 Å². The Morgan fingerprint density at radius 3 is 2.81 bits per heavy atom. The molecule has 4 nitrogen and oxygen atoms in total. The van der Waals surface area contributed by atoms with Crippen LogP contribution in [0, 0.1) is 17.8 Å². The van der Waals surface area contributed by atoms with Gasteiger partial charge in [-0.25, -0.2) is 0 Å². The number of rotatable bonds is 4. The van der Waals surface area contributed by atoms with Gasteiger partial charge < -0.3 is 14.2 Å². The van der Waals surface area contributed by atoms with Gasteiger partial charge in [-0.1, -0.05) is 0 Å². The molecular formula is C12H18O4. The summed E-state index contributed by atoms with van der Waals surface area (Å²) in [6, 6.07) is 0. The molecule has 1 saturated carbocycles. The van der Waals surface area contributed by atoms with Gasteiger partial charge in [0.1, 0.15) is 11.7 Å². The first-order valence-electron chi connectivity index (χ1n) is 5.68. The second kappa shape index (κ2) is 4.45. The van der Waals surface area contributed by atoms with Crippen LogP contribution in [0.15, 0.2) is 11.8 Å². The monoisotopic (exact) mass is 226 g/mol. The molecule has 0 aromatic rings. The van der Waals surface area contributed by atoms with Gasteiger partial charge in [0.05, 0.1) is 19.8 Å². The highest BCUT2D eigenvalue weighted by atomic mass is 16.5. The summed E-state index contributed by atoms with van der Waals surface area (Å²) in [4.78, 5) is 11.7. The third kappa shape index (κ3) is 1.82. The van der Waals surface area contributed by atoms with Gasteiger partial charge in [-0.05, 0) is 25.3 Å². The SMILES string of the molecule is CCOC(=O)[C@H]1C[C@H]2[C@@H](C=C1OC)[C@H]2OC. The molecule has 16 heavy (non-hydrogen) atoms. The summed E-state index contributed by atoms with van der Waals surface area (Å²) in [7, 11) is 3.31. The number of hydrogen-bond donors (Lipinski definition) is 0. The minimum atomic E-state index is -0.244. The Bertz CT molecular complexity index is 310. The van der Waals surface area contributed by atoms with Crippen LogP contribution in [-0.2, 0) is 19.0 Å². The third-order valence-electron chi connectivity index (χ3n) is 3.44. The Balaban J connectivity index is 2.07. The van der Waals surface area contributed by atoms with E-state index in [0.29, 0.717) is 18.4 Å². The maximum atomic E-state index is 11.7. The Hall–Kier alpha value is -1.03. The lowest BCUT2D eigenvalue weighted by Gasteiger charge is -2.20. The zero-order chi connectivity index (χ0) is 11.7. The molecule has 90 valence electrons. The summed E-state index contributed by atoms with van der Waals surface area (Å²) in [5.41, 5.74) is 0. The fourth-order valence-electron chi connectivity index (χ4n) is 2.57. The zero-order valence-corrected chi connectivity index (χ0v) is 9.93. The number of methoxy groups -OCH3 is 2. The summed E-state index contributed by atoms with van der Waals surface area (Å²) < 4.78 is 15.7. The number of carbonyl (C=O) groups is 1. The fourth-order valence-corrected chi connectivity index (χ4v) is 2.57. The van der Waals surface area contributed by atoms with Crippen molar-refractivity contribution >= 4 is 5.97 Å². The maximum Gasteiger partial charge on any atom is 0.316 e. The summed E-state index contributed by atoms with van der Waals surface area (Å²) in [6.07, 6.45) is 3.05. The number of carbonyl (C=O) groups excluding carboxylic acids is 1. The predicted molar refractivity (Wildman–Crippen MR) is 57.6 cm³/mol. The molecule has 0 N–H and O–H groups in total. The van der Waals surface area contributed by atoms with Crippen molar-refractivity contribution in [2.24, 2.45) is 17.8 Å². The molecule has 0 radical (unpaired) electrons. The van der Waals surface area contributed by atoms with Crippen molar-refractivity contribution in [3.8, 4) is 0 Å². The number of fused-ring (bicyclic) bond motifs is 1. The van der Waals surface area contributed by atoms with Crippen LogP contribution < -0.4 is 0 Å². The van der Waals surface area contributed by atoms with Gasteiger partial charge in [0.25, 0.3) is 0 Å². The quantitative estimate of drug-likeness (QED) is 0.679. The van der Waals surface area contributed by atoms with Crippen molar-refractivity contribution in [1.82, 2.24) is 0 Å². The first kappa shape index (κ1) is 11.5. The summed E-state index contributed by atoms with van der Waals surface area (Å²) in [6.45, 7) is 2.23. The highest BCUT2D eigenvalue weighted by Crippen LogP contribution is 2.52. The number of hydrogen-bond acceptors (Lipinski definition) is 4. The van der Waals surface area contributed by atoms with E-state index < -0.39 is 0 Å². The molecule has 2 aliphatic rings. The zero-order valence-electron chi connectivity index (χ0n) is 9.93. The molecule has 0 bridgehead atoms. The molecule has 2 aliphatic carbocycles. The average molecular weight is 226 g/mol. The molecule has 4 atom stereocenters. The second-order valence-corrected chi connectivity index (χ2v) is 4.26. The molecule has 1 fully saturated rings. The van der Waals surface area contributed by atoms with E-state index in [4.69, 9.17) is 14.2 Å². The van der Waals surface area contributed by atoms with Gasteiger partial charge in [0.15, 0.2) is 0 Å². The van der Waals surface area contributed by atoms with Crippen molar-refractivity contribution in [2.75, 3.05) is 20.8 Å². The Morgan fingerprint density at radius 1 is 1.50 bits per heavy atom. The number of ether oxygens (including phenoxy) is 3. The van der Waals surface area contributed by atoms with E-state index in [1.165, 1.54) is 0 Å². The molecule has 0 saturated heterocycles. The molecule has 0 aromatic carbocycles. The van der Waals surface area contributed by atoms with Crippen LogP contribution in [0.3, 0.4) is 0 Å². The Labute approximate surface area is 95.6 Å². The largest absolute Gasteiger partial charge is 0.501 e. The fraction of sp³-hybridized carbons (Fsp3) is 0.750. The van der Waals surface area contributed by atoms with E-state index in [1.807, 2.05) is 13.0 Å². The van der Waals surface area contributed by atoms with Crippen molar-refractivity contribution < 1.29 is 19.0 Å². The maximum absolute atomic E-state index is 11.7. The molecule has 0 spiro atoms. The standard InChI is InChI=1S/C12H18O4/c1-4-16-12(13)9-5-7-8(11(7)15-3)6-10(9)14-2/h6-9,11H,4-5H2,1-3H3/t7-,8+,9-,11-/m0/s1. The Kier molecular flexibility index (Phi) is 3.19. The first-order valence-corrected chi connectivity index (χ1v) is 5.68. The van der Waals surface area contributed by atoms with E-state index in [0.717, 1.165) is 12.2 Å². The van der Waals surface area contributed by atoms with Crippen LogP contribution in [0.1, 0.15) is 13.3 Å². The van der Waals surface area contributed by atoms with E-state index in [9.17, 15) is 4.79 Å². The molecule has 0 amide bonds.